The number of hydrogen-bond donors (Lipinski definition) is 3. The summed E-state index contributed by atoms with van der Waals surface area (Å²) in [6.07, 6.45) is 3.35. The van der Waals surface area contributed by atoms with Crippen LogP contribution in [0.1, 0.15) is 44.1 Å². The highest BCUT2D eigenvalue weighted by atomic mass is 19.4. The predicted molar refractivity (Wildman–Crippen MR) is 121 cm³/mol. The standard InChI is InChI=1S/C24H30F3N5O2/c25-24(26,27)16-5-8-20-19(9-16)23(30-13-29-20)28-10-21(33)31-17-11-32(12-17)18-6-3-15(4-7-18)22(34)14-1-2-14/h5,8-9,13-15,17-18,22,34H,1-4,6-7,10-12H2,(H,31,33)(H,28,29,30)/t15-,18-,22?. The van der Waals surface area contributed by atoms with Crippen LogP contribution in [0, 0.1) is 11.8 Å². The van der Waals surface area contributed by atoms with Gasteiger partial charge in [-0.2, -0.15) is 13.2 Å². The maximum atomic E-state index is 13.1. The van der Waals surface area contributed by atoms with Crippen LogP contribution in [0.25, 0.3) is 10.9 Å². The highest BCUT2D eigenvalue weighted by Crippen LogP contribution is 2.41. The number of nitrogens with zero attached hydrogens (tertiary/aromatic N) is 3. The fraction of sp³-hybridized carbons (Fsp3) is 0.625. The Morgan fingerprint density at radius 2 is 1.76 bits per heavy atom. The Labute approximate surface area is 196 Å². The molecule has 34 heavy (non-hydrogen) atoms. The predicted octanol–water partition coefficient (Wildman–Crippen LogP) is 3.19. The first-order chi connectivity index (χ1) is 16.3. The molecule has 3 aliphatic rings. The molecule has 5 rings (SSSR count). The summed E-state index contributed by atoms with van der Waals surface area (Å²) in [4.78, 5) is 22.8. The van der Waals surface area contributed by atoms with Crippen LogP contribution in [0.2, 0.25) is 0 Å². The third-order valence-corrected chi connectivity index (χ3v) is 7.50. The molecule has 0 spiro atoms. The van der Waals surface area contributed by atoms with Gasteiger partial charge in [-0.15, -0.1) is 0 Å². The average Bonchev–Trinajstić information content (AvgIpc) is 3.64. The molecule has 2 saturated carbocycles. The van der Waals surface area contributed by atoms with Crippen LogP contribution in [0.15, 0.2) is 24.5 Å². The Kier molecular flexibility index (Phi) is 6.37. The molecule has 2 heterocycles. The van der Waals surface area contributed by atoms with Crippen molar-refractivity contribution < 1.29 is 23.1 Å². The van der Waals surface area contributed by atoms with Gasteiger partial charge in [0.2, 0.25) is 5.91 Å². The van der Waals surface area contributed by atoms with Crippen LogP contribution in [0.5, 0.6) is 0 Å². The molecule has 1 saturated heterocycles. The lowest BCUT2D eigenvalue weighted by Crippen LogP contribution is -2.63. The summed E-state index contributed by atoms with van der Waals surface area (Å²) >= 11 is 0. The zero-order chi connectivity index (χ0) is 23.9. The van der Waals surface area contributed by atoms with Crippen molar-refractivity contribution >= 4 is 22.6 Å². The molecule has 2 aromatic rings. The Bertz CT molecular complexity index is 1030. The molecule has 1 aromatic carbocycles. The van der Waals surface area contributed by atoms with Crippen LogP contribution < -0.4 is 10.6 Å². The summed E-state index contributed by atoms with van der Waals surface area (Å²) < 4.78 is 39.2. The summed E-state index contributed by atoms with van der Waals surface area (Å²) in [5.74, 6) is 0.953. The largest absolute Gasteiger partial charge is 0.416 e. The molecule has 10 heteroatoms. The van der Waals surface area contributed by atoms with Crippen molar-refractivity contribution in [1.29, 1.82) is 0 Å². The first-order valence-electron chi connectivity index (χ1n) is 12.1. The monoisotopic (exact) mass is 477 g/mol. The van der Waals surface area contributed by atoms with Crippen LogP contribution in [0.4, 0.5) is 19.0 Å². The molecule has 184 valence electrons. The Morgan fingerprint density at radius 1 is 1.09 bits per heavy atom. The molecule has 2 aliphatic carbocycles. The molecule has 3 N–H and O–H groups in total. The second-order valence-corrected chi connectivity index (χ2v) is 9.92. The summed E-state index contributed by atoms with van der Waals surface area (Å²) in [6.45, 7) is 1.53. The second kappa shape index (κ2) is 9.30. The van der Waals surface area contributed by atoms with E-state index in [1.807, 2.05) is 0 Å². The zero-order valence-electron chi connectivity index (χ0n) is 18.9. The molecular weight excluding hydrogens is 447 g/mol. The lowest BCUT2D eigenvalue weighted by Gasteiger charge is -2.47. The van der Waals surface area contributed by atoms with E-state index in [-0.39, 0.29) is 35.8 Å². The van der Waals surface area contributed by atoms with Gasteiger partial charge in [-0.25, -0.2) is 9.97 Å². The minimum Gasteiger partial charge on any atom is -0.393 e. The van der Waals surface area contributed by atoms with Gasteiger partial charge in [0, 0.05) is 24.5 Å². The van der Waals surface area contributed by atoms with E-state index in [2.05, 4.69) is 25.5 Å². The van der Waals surface area contributed by atoms with E-state index in [0.717, 1.165) is 50.9 Å². The molecule has 1 aromatic heterocycles. The summed E-state index contributed by atoms with van der Waals surface area (Å²) in [7, 11) is 0. The van der Waals surface area contributed by atoms with E-state index in [4.69, 9.17) is 0 Å². The van der Waals surface area contributed by atoms with Gasteiger partial charge >= 0.3 is 6.18 Å². The number of hydrogen-bond acceptors (Lipinski definition) is 6. The van der Waals surface area contributed by atoms with Crippen LogP contribution in [0.3, 0.4) is 0 Å². The van der Waals surface area contributed by atoms with E-state index >= 15 is 0 Å². The number of likely N-dealkylation sites (tertiary alicyclic amines) is 1. The summed E-state index contributed by atoms with van der Waals surface area (Å²) in [5.41, 5.74) is -0.409. The minimum atomic E-state index is -4.47. The van der Waals surface area contributed by atoms with Crippen molar-refractivity contribution in [2.45, 2.75) is 62.9 Å². The van der Waals surface area contributed by atoms with Crippen molar-refractivity contribution in [2.24, 2.45) is 11.8 Å². The second-order valence-electron chi connectivity index (χ2n) is 9.92. The Morgan fingerprint density at radius 3 is 2.41 bits per heavy atom. The van der Waals surface area contributed by atoms with Crippen molar-refractivity contribution in [2.75, 3.05) is 25.0 Å². The van der Waals surface area contributed by atoms with Gasteiger partial charge in [-0.05, 0) is 68.6 Å². The molecule has 0 bridgehead atoms. The number of alkyl halides is 3. The van der Waals surface area contributed by atoms with Crippen molar-refractivity contribution in [1.82, 2.24) is 20.2 Å². The van der Waals surface area contributed by atoms with Crippen molar-refractivity contribution in [3.8, 4) is 0 Å². The number of aliphatic hydroxyl groups is 1. The van der Waals surface area contributed by atoms with E-state index in [1.54, 1.807) is 0 Å². The highest BCUT2D eigenvalue weighted by Gasteiger charge is 2.40. The Balaban J connectivity index is 1.08. The first kappa shape index (κ1) is 23.3. The number of fused-ring (bicyclic) bond motifs is 1. The van der Waals surface area contributed by atoms with Gasteiger partial charge in [0.15, 0.2) is 0 Å². The molecule has 0 radical (unpaired) electrons. The SMILES string of the molecule is O=C(CNc1ncnc2ccc(C(F)(F)F)cc12)NC1CN([C@H]2CC[C@H](C(O)C3CC3)CC2)C1. The highest BCUT2D eigenvalue weighted by molar-refractivity contribution is 5.91. The van der Waals surface area contributed by atoms with E-state index in [9.17, 15) is 23.1 Å². The van der Waals surface area contributed by atoms with E-state index < -0.39 is 11.7 Å². The number of amides is 1. The molecule has 1 aliphatic heterocycles. The number of nitrogens with one attached hydrogen (secondary N) is 2. The molecule has 7 nitrogen and oxygen atoms in total. The van der Waals surface area contributed by atoms with Gasteiger partial charge in [0.05, 0.1) is 29.8 Å². The van der Waals surface area contributed by atoms with Crippen molar-refractivity contribution in [3.05, 3.63) is 30.1 Å². The first-order valence-corrected chi connectivity index (χ1v) is 12.1. The van der Waals surface area contributed by atoms with Crippen LogP contribution >= 0.6 is 0 Å². The van der Waals surface area contributed by atoms with Gasteiger partial charge in [0.1, 0.15) is 12.1 Å². The molecule has 1 amide bonds. The maximum Gasteiger partial charge on any atom is 0.416 e. The number of rotatable bonds is 7. The lowest BCUT2D eigenvalue weighted by molar-refractivity contribution is -0.137. The Hall–Kier alpha value is -2.46. The number of anilines is 1. The minimum absolute atomic E-state index is 0.0723. The van der Waals surface area contributed by atoms with Crippen LogP contribution in [-0.4, -0.2) is 63.7 Å². The molecule has 1 unspecified atom stereocenters. The number of aliphatic hydroxyl groups excluding tert-OH is 1. The molecular formula is C24H30F3N5O2. The number of aromatic nitrogens is 2. The summed E-state index contributed by atoms with van der Waals surface area (Å²) in [5, 5.41) is 16.4. The zero-order valence-corrected chi connectivity index (χ0v) is 18.9. The molecule has 1 atom stereocenters. The van der Waals surface area contributed by atoms with Gasteiger partial charge in [-0.1, -0.05) is 0 Å². The van der Waals surface area contributed by atoms with Gasteiger partial charge in [-0.3, -0.25) is 9.69 Å². The number of benzene rings is 1. The average molecular weight is 478 g/mol. The van der Waals surface area contributed by atoms with E-state index in [1.165, 1.54) is 25.2 Å². The topological polar surface area (TPSA) is 90.4 Å². The quantitative estimate of drug-likeness (QED) is 0.568. The van der Waals surface area contributed by atoms with Crippen molar-refractivity contribution in [3.63, 3.8) is 0 Å². The third-order valence-electron chi connectivity index (χ3n) is 7.50. The van der Waals surface area contributed by atoms with E-state index in [0.29, 0.717) is 23.4 Å². The molecule has 3 fully saturated rings. The number of carbonyl (C=O) groups excluding carboxylic acids is 1. The number of halogens is 3. The normalized spacial score (nSPS) is 25.1. The number of carbonyl (C=O) groups is 1. The fourth-order valence-electron chi connectivity index (χ4n) is 5.35. The van der Waals surface area contributed by atoms with Crippen LogP contribution in [-0.2, 0) is 11.0 Å². The lowest BCUT2D eigenvalue weighted by atomic mass is 9.80. The fourth-order valence-corrected chi connectivity index (χ4v) is 5.35. The van der Waals surface area contributed by atoms with Gasteiger partial charge in [0.25, 0.3) is 0 Å². The third kappa shape index (κ3) is 5.12. The summed E-state index contributed by atoms with van der Waals surface area (Å²) in [6, 6.07) is 3.87. The van der Waals surface area contributed by atoms with Gasteiger partial charge < -0.3 is 15.7 Å². The maximum absolute atomic E-state index is 13.1. The smallest absolute Gasteiger partial charge is 0.393 e.